The van der Waals surface area contributed by atoms with Gasteiger partial charge in [0.25, 0.3) is 0 Å². The summed E-state index contributed by atoms with van der Waals surface area (Å²) in [6, 6.07) is 12.3. The summed E-state index contributed by atoms with van der Waals surface area (Å²) < 4.78 is 16.7. The number of carbonyl (C=O) groups excluding carboxylic acids is 1. The van der Waals surface area contributed by atoms with E-state index in [4.69, 9.17) is 14.2 Å². The quantitative estimate of drug-likeness (QED) is 0.744. The van der Waals surface area contributed by atoms with Crippen molar-refractivity contribution >= 4 is 21.7 Å². The second kappa shape index (κ2) is 7.13. The Morgan fingerprint density at radius 3 is 2.19 bits per heavy atom. The van der Waals surface area contributed by atoms with E-state index in [1.165, 1.54) is 0 Å². The van der Waals surface area contributed by atoms with Gasteiger partial charge in [0.1, 0.15) is 17.2 Å². The van der Waals surface area contributed by atoms with Crippen LogP contribution >= 0.6 is 15.9 Å². The van der Waals surface area contributed by atoms with Crippen molar-refractivity contribution < 1.29 is 19.0 Å². The first-order chi connectivity index (χ1) is 10.1. The van der Waals surface area contributed by atoms with Gasteiger partial charge < -0.3 is 14.2 Å². The summed E-state index contributed by atoms with van der Waals surface area (Å²) in [5.41, 5.74) is 0.597. The van der Waals surface area contributed by atoms with E-state index in [1.54, 1.807) is 44.6 Å². The third kappa shape index (κ3) is 4.23. The lowest BCUT2D eigenvalue weighted by molar-refractivity contribution is 0.0921. The predicted molar refractivity (Wildman–Crippen MR) is 83.5 cm³/mol. The fourth-order valence-corrected chi connectivity index (χ4v) is 2.16. The van der Waals surface area contributed by atoms with Gasteiger partial charge >= 0.3 is 0 Å². The molecule has 0 unspecified atom stereocenters. The Bertz CT molecular complexity index is 618. The van der Waals surface area contributed by atoms with Crippen molar-refractivity contribution in [1.29, 1.82) is 0 Å². The average Bonchev–Trinajstić information content (AvgIpc) is 2.52. The number of rotatable bonds is 6. The molecular formula is C16H15BrO4. The molecule has 0 aliphatic carbocycles. The SMILES string of the molecule is COc1cc(OC)cc(OCC(=O)c2cccc(Br)c2)c1. The van der Waals surface area contributed by atoms with Crippen molar-refractivity contribution in [3.05, 3.63) is 52.5 Å². The number of hydrogen-bond acceptors (Lipinski definition) is 4. The van der Waals surface area contributed by atoms with Gasteiger partial charge in [0.05, 0.1) is 14.2 Å². The molecule has 0 bridgehead atoms. The fraction of sp³-hybridized carbons (Fsp3) is 0.188. The molecule has 2 aromatic carbocycles. The third-order valence-electron chi connectivity index (χ3n) is 2.84. The van der Waals surface area contributed by atoms with Gasteiger partial charge in [-0.05, 0) is 12.1 Å². The summed E-state index contributed by atoms with van der Waals surface area (Å²) in [7, 11) is 3.12. The summed E-state index contributed by atoms with van der Waals surface area (Å²) in [6.45, 7) is -0.0488. The highest BCUT2D eigenvalue weighted by molar-refractivity contribution is 9.10. The minimum absolute atomic E-state index is 0.0488. The summed E-state index contributed by atoms with van der Waals surface area (Å²) in [4.78, 5) is 12.1. The first-order valence-electron chi connectivity index (χ1n) is 6.27. The molecule has 2 rings (SSSR count). The zero-order chi connectivity index (χ0) is 15.2. The van der Waals surface area contributed by atoms with Crippen LogP contribution in [0.15, 0.2) is 46.9 Å². The van der Waals surface area contributed by atoms with E-state index in [9.17, 15) is 4.79 Å². The highest BCUT2D eigenvalue weighted by Crippen LogP contribution is 2.27. The van der Waals surface area contributed by atoms with Crippen LogP contribution in [0.1, 0.15) is 10.4 Å². The molecule has 110 valence electrons. The highest BCUT2D eigenvalue weighted by Gasteiger charge is 2.09. The number of Topliss-reactive ketones (excluding diaryl/α,β-unsaturated/α-hetero) is 1. The second-order valence-electron chi connectivity index (χ2n) is 4.27. The van der Waals surface area contributed by atoms with Gasteiger partial charge in [0, 0.05) is 28.2 Å². The molecule has 0 aliphatic rings. The molecule has 21 heavy (non-hydrogen) atoms. The summed E-state index contributed by atoms with van der Waals surface area (Å²) in [6.07, 6.45) is 0. The zero-order valence-electron chi connectivity index (χ0n) is 11.8. The minimum atomic E-state index is -0.0990. The Hall–Kier alpha value is -2.01. The maximum absolute atomic E-state index is 12.1. The Balaban J connectivity index is 2.07. The normalized spacial score (nSPS) is 10.0. The second-order valence-corrected chi connectivity index (χ2v) is 5.19. The van der Waals surface area contributed by atoms with Gasteiger partial charge in [0.2, 0.25) is 0 Å². The molecule has 0 atom stereocenters. The zero-order valence-corrected chi connectivity index (χ0v) is 13.3. The number of carbonyl (C=O) groups is 1. The van der Waals surface area contributed by atoms with Crippen LogP contribution in [0, 0.1) is 0 Å². The Kier molecular flexibility index (Phi) is 5.22. The van der Waals surface area contributed by atoms with Gasteiger partial charge in [-0.2, -0.15) is 0 Å². The summed E-state index contributed by atoms with van der Waals surface area (Å²) in [5, 5.41) is 0. The van der Waals surface area contributed by atoms with Crippen LogP contribution in [0.5, 0.6) is 17.2 Å². The first kappa shape index (κ1) is 15.4. The van der Waals surface area contributed by atoms with Crippen molar-refractivity contribution in [3.8, 4) is 17.2 Å². The number of ketones is 1. The number of halogens is 1. The molecule has 0 saturated heterocycles. The molecular weight excluding hydrogens is 336 g/mol. The van der Waals surface area contributed by atoms with Crippen molar-refractivity contribution in [1.82, 2.24) is 0 Å². The van der Waals surface area contributed by atoms with Crippen molar-refractivity contribution in [2.24, 2.45) is 0 Å². The van der Waals surface area contributed by atoms with Gasteiger partial charge in [-0.15, -0.1) is 0 Å². The van der Waals surface area contributed by atoms with E-state index < -0.39 is 0 Å². The number of ether oxygens (including phenoxy) is 3. The van der Waals surface area contributed by atoms with E-state index >= 15 is 0 Å². The lowest BCUT2D eigenvalue weighted by atomic mass is 10.1. The molecule has 0 fully saturated rings. The van der Waals surface area contributed by atoms with E-state index in [0.29, 0.717) is 22.8 Å². The first-order valence-corrected chi connectivity index (χ1v) is 7.06. The summed E-state index contributed by atoms with van der Waals surface area (Å²) in [5.74, 6) is 1.64. The van der Waals surface area contributed by atoms with E-state index in [2.05, 4.69) is 15.9 Å². The Morgan fingerprint density at radius 1 is 1.00 bits per heavy atom. The predicted octanol–water partition coefficient (Wildman–Crippen LogP) is 3.73. The van der Waals surface area contributed by atoms with Gasteiger partial charge in [-0.1, -0.05) is 28.1 Å². The molecule has 0 spiro atoms. The van der Waals surface area contributed by atoms with Crippen LogP contribution < -0.4 is 14.2 Å². The van der Waals surface area contributed by atoms with Crippen LogP contribution in [0.2, 0.25) is 0 Å². The van der Waals surface area contributed by atoms with Crippen LogP contribution in [-0.4, -0.2) is 26.6 Å². The van der Waals surface area contributed by atoms with E-state index in [1.807, 2.05) is 12.1 Å². The number of benzene rings is 2. The molecule has 0 aromatic heterocycles. The molecule has 0 radical (unpaired) electrons. The maximum atomic E-state index is 12.1. The Labute approximate surface area is 131 Å². The molecule has 4 nitrogen and oxygen atoms in total. The van der Waals surface area contributed by atoms with Gasteiger partial charge in [0.15, 0.2) is 12.4 Å². The van der Waals surface area contributed by atoms with Crippen molar-refractivity contribution in [3.63, 3.8) is 0 Å². The molecule has 2 aromatic rings. The average molecular weight is 351 g/mol. The van der Waals surface area contributed by atoms with E-state index in [0.717, 1.165) is 4.47 Å². The smallest absolute Gasteiger partial charge is 0.200 e. The van der Waals surface area contributed by atoms with Gasteiger partial charge in [-0.25, -0.2) is 0 Å². The van der Waals surface area contributed by atoms with Crippen LogP contribution in [0.25, 0.3) is 0 Å². The Morgan fingerprint density at radius 2 is 1.62 bits per heavy atom. The minimum Gasteiger partial charge on any atom is -0.496 e. The van der Waals surface area contributed by atoms with E-state index in [-0.39, 0.29) is 12.4 Å². The number of methoxy groups -OCH3 is 2. The number of hydrogen-bond donors (Lipinski definition) is 0. The highest BCUT2D eigenvalue weighted by atomic mass is 79.9. The summed E-state index contributed by atoms with van der Waals surface area (Å²) >= 11 is 3.34. The molecule has 0 saturated carbocycles. The monoisotopic (exact) mass is 350 g/mol. The molecule has 5 heteroatoms. The third-order valence-corrected chi connectivity index (χ3v) is 3.33. The van der Waals surface area contributed by atoms with Crippen LogP contribution in [-0.2, 0) is 0 Å². The molecule has 0 heterocycles. The molecule has 0 N–H and O–H groups in total. The van der Waals surface area contributed by atoms with Crippen LogP contribution in [0.4, 0.5) is 0 Å². The topological polar surface area (TPSA) is 44.8 Å². The van der Waals surface area contributed by atoms with Crippen molar-refractivity contribution in [2.45, 2.75) is 0 Å². The van der Waals surface area contributed by atoms with Crippen LogP contribution in [0.3, 0.4) is 0 Å². The fourth-order valence-electron chi connectivity index (χ4n) is 1.76. The largest absolute Gasteiger partial charge is 0.496 e. The molecule has 0 amide bonds. The van der Waals surface area contributed by atoms with Crippen molar-refractivity contribution in [2.75, 3.05) is 20.8 Å². The molecule has 0 aliphatic heterocycles. The maximum Gasteiger partial charge on any atom is 0.200 e. The lowest BCUT2D eigenvalue weighted by Crippen LogP contribution is -2.11. The van der Waals surface area contributed by atoms with Gasteiger partial charge in [-0.3, -0.25) is 4.79 Å². The lowest BCUT2D eigenvalue weighted by Gasteiger charge is -2.10. The standard InChI is InChI=1S/C16H15BrO4/c1-19-13-7-14(20-2)9-15(8-13)21-10-16(18)11-4-3-5-12(17)6-11/h3-9H,10H2,1-2H3.